The molecule has 1 N–H and O–H groups in total. The Labute approximate surface area is 155 Å². The third-order valence-electron chi connectivity index (χ3n) is 3.93. The second-order valence-electron chi connectivity index (χ2n) is 6.63. The molecule has 0 saturated carbocycles. The Balaban J connectivity index is 1.85. The first-order valence-electron chi connectivity index (χ1n) is 7.99. The molecule has 3 rings (SSSR count). The number of rotatable bonds is 5. The van der Waals surface area contributed by atoms with Gasteiger partial charge < -0.3 is 24.0 Å². The van der Waals surface area contributed by atoms with E-state index in [0.717, 1.165) is 16.7 Å². The zero-order valence-corrected chi connectivity index (χ0v) is 16.0. The van der Waals surface area contributed by atoms with Gasteiger partial charge >= 0.3 is 0 Å². The Morgan fingerprint density at radius 3 is 2.68 bits per heavy atom. The van der Waals surface area contributed by atoms with E-state index in [0.29, 0.717) is 23.7 Å². The molecular weight excluding hydrogens is 388 g/mol. The summed E-state index contributed by atoms with van der Waals surface area (Å²) in [7, 11) is 1.55. The highest BCUT2D eigenvalue weighted by molar-refractivity contribution is 9.10. The maximum absolute atomic E-state index is 12.8. The molecule has 2 aromatic rings. The molecule has 0 saturated heterocycles. The Kier molecular flexibility index (Phi) is 4.79. The summed E-state index contributed by atoms with van der Waals surface area (Å²) in [6.07, 6.45) is 1.92. The molecule has 0 bridgehead atoms. The zero-order valence-electron chi connectivity index (χ0n) is 14.5. The SMILES string of the molecule is COc1cc(N2CCn3cc(Br)cc3C2=O)ccc1OCC(C)(C)O. The number of hydrogen-bond acceptors (Lipinski definition) is 4. The average Bonchev–Trinajstić information content (AvgIpc) is 2.94. The fraction of sp³-hybridized carbons (Fsp3) is 0.389. The minimum absolute atomic E-state index is 0.0517. The number of methoxy groups -OCH3 is 1. The molecule has 7 heteroatoms. The molecule has 134 valence electrons. The van der Waals surface area contributed by atoms with E-state index in [2.05, 4.69) is 15.9 Å². The summed E-state index contributed by atoms with van der Waals surface area (Å²) in [5.74, 6) is 1.00. The lowest BCUT2D eigenvalue weighted by Crippen LogP contribution is -2.39. The summed E-state index contributed by atoms with van der Waals surface area (Å²) in [6, 6.07) is 7.20. The van der Waals surface area contributed by atoms with E-state index in [9.17, 15) is 9.90 Å². The lowest BCUT2D eigenvalue weighted by Gasteiger charge is -2.29. The van der Waals surface area contributed by atoms with E-state index in [1.54, 1.807) is 38.0 Å². The summed E-state index contributed by atoms with van der Waals surface area (Å²) in [5.41, 5.74) is 0.464. The Hall–Kier alpha value is -1.99. The van der Waals surface area contributed by atoms with Crippen LogP contribution in [0.1, 0.15) is 24.3 Å². The molecule has 1 aromatic heterocycles. The summed E-state index contributed by atoms with van der Waals surface area (Å²) in [4.78, 5) is 14.5. The van der Waals surface area contributed by atoms with Crippen LogP contribution in [0.2, 0.25) is 0 Å². The average molecular weight is 409 g/mol. The largest absolute Gasteiger partial charge is 0.493 e. The molecule has 1 aromatic carbocycles. The standard InChI is InChI=1S/C18H21BrN2O4/c1-18(2,23)11-25-15-5-4-13(9-16(15)24-3)21-7-6-20-10-12(19)8-14(20)17(21)22/h4-5,8-10,23H,6-7,11H2,1-3H3. The van der Waals surface area contributed by atoms with Crippen molar-refractivity contribution in [3.8, 4) is 11.5 Å². The molecule has 25 heavy (non-hydrogen) atoms. The highest BCUT2D eigenvalue weighted by Gasteiger charge is 2.27. The van der Waals surface area contributed by atoms with Crippen molar-refractivity contribution in [3.05, 3.63) is 40.6 Å². The van der Waals surface area contributed by atoms with Crippen LogP contribution in [-0.2, 0) is 6.54 Å². The lowest BCUT2D eigenvalue weighted by molar-refractivity contribution is 0.0276. The Morgan fingerprint density at radius 1 is 1.24 bits per heavy atom. The smallest absolute Gasteiger partial charge is 0.274 e. The van der Waals surface area contributed by atoms with E-state index in [4.69, 9.17) is 9.47 Å². The van der Waals surface area contributed by atoms with Crippen LogP contribution in [-0.4, -0.2) is 41.4 Å². The maximum atomic E-state index is 12.8. The van der Waals surface area contributed by atoms with Gasteiger partial charge in [0.15, 0.2) is 11.5 Å². The number of aliphatic hydroxyl groups is 1. The van der Waals surface area contributed by atoms with Crippen molar-refractivity contribution in [2.45, 2.75) is 26.0 Å². The molecule has 6 nitrogen and oxygen atoms in total. The summed E-state index contributed by atoms with van der Waals surface area (Å²) in [5, 5.41) is 9.81. The summed E-state index contributed by atoms with van der Waals surface area (Å²) >= 11 is 3.41. The fourth-order valence-corrected chi connectivity index (χ4v) is 3.19. The van der Waals surface area contributed by atoms with E-state index >= 15 is 0 Å². The van der Waals surface area contributed by atoms with Gasteiger partial charge in [-0.05, 0) is 48.0 Å². The maximum Gasteiger partial charge on any atom is 0.274 e. The van der Waals surface area contributed by atoms with E-state index in [1.807, 2.05) is 22.9 Å². The molecular formula is C18H21BrN2O4. The van der Waals surface area contributed by atoms with Gasteiger partial charge in [0.05, 0.1) is 12.7 Å². The molecule has 1 amide bonds. The number of ether oxygens (including phenoxy) is 2. The van der Waals surface area contributed by atoms with Gasteiger partial charge in [-0.1, -0.05) is 0 Å². The molecule has 1 aliphatic heterocycles. The monoisotopic (exact) mass is 408 g/mol. The molecule has 0 spiro atoms. The summed E-state index contributed by atoms with van der Waals surface area (Å²) < 4.78 is 13.9. The fourth-order valence-electron chi connectivity index (χ4n) is 2.73. The molecule has 1 aliphatic rings. The first-order chi connectivity index (χ1) is 11.8. The third-order valence-corrected chi connectivity index (χ3v) is 4.37. The third kappa shape index (κ3) is 3.82. The molecule has 0 unspecified atom stereocenters. The molecule has 2 heterocycles. The normalized spacial score (nSPS) is 14.4. The van der Waals surface area contributed by atoms with Crippen molar-refractivity contribution in [1.29, 1.82) is 0 Å². The van der Waals surface area contributed by atoms with Gasteiger partial charge in [-0.2, -0.15) is 0 Å². The van der Waals surface area contributed by atoms with Gasteiger partial charge in [-0.3, -0.25) is 4.79 Å². The van der Waals surface area contributed by atoms with Crippen LogP contribution in [0.25, 0.3) is 0 Å². The van der Waals surface area contributed by atoms with Crippen LogP contribution in [0.4, 0.5) is 5.69 Å². The number of aromatic nitrogens is 1. The predicted molar refractivity (Wildman–Crippen MR) is 98.6 cm³/mol. The number of halogens is 1. The highest BCUT2D eigenvalue weighted by atomic mass is 79.9. The van der Waals surface area contributed by atoms with Gasteiger partial charge in [-0.25, -0.2) is 0 Å². The van der Waals surface area contributed by atoms with Crippen LogP contribution >= 0.6 is 15.9 Å². The Morgan fingerprint density at radius 2 is 2.00 bits per heavy atom. The van der Waals surface area contributed by atoms with E-state index in [-0.39, 0.29) is 12.5 Å². The Bertz CT molecular complexity index is 795. The van der Waals surface area contributed by atoms with Crippen molar-refractivity contribution >= 4 is 27.5 Å². The van der Waals surface area contributed by atoms with Gasteiger partial charge in [0.2, 0.25) is 0 Å². The first kappa shape index (κ1) is 17.8. The lowest BCUT2D eigenvalue weighted by atomic mass is 10.1. The first-order valence-corrected chi connectivity index (χ1v) is 8.78. The van der Waals surface area contributed by atoms with Gasteiger partial charge in [-0.15, -0.1) is 0 Å². The topological polar surface area (TPSA) is 63.9 Å². The molecule has 0 atom stereocenters. The predicted octanol–water partition coefficient (Wildman–Crippen LogP) is 3.07. The number of benzene rings is 1. The zero-order chi connectivity index (χ0) is 18.2. The number of anilines is 1. The quantitative estimate of drug-likeness (QED) is 0.825. The van der Waals surface area contributed by atoms with Crippen molar-refractivity contribution in [2.75, 3.05) is 25.2 Å². The number of nitrogens with zero attached hydrogens (tertiary/aromatic N) is 2. The van der Waals surface area contributed by atoms with Crippen LogP contribution in [0.5, 0.6) is 11.5 Å². The number of fused-ring (bicyclic) bond motifs is 1. The molecule has 0 radical (unpaired) electrons. The molecule has 0 fully saturated rings. The van der Waals surface area contributed by atoms with Crippen molar-refractivity contribution < 1.29 is 19.4 Å². The van der Waals surface area contributed by atoms with Crippen molar-refractivity contribution in [3.63, 3.8) is 0 Å². The van der Waals surface area contributed by atoms with Gasteiger partial charge in [0.25, 0.3) is 5.91 Å². The van der Waals surface area contributed by atoms with Crippen molar-refractivity contribution in [1.82, 2.24) is 4.57 Å². The minimum Gasteiger partial charge on any atom is -0.493 e. The van der Waals surface area contributed by atoms with Crippen LogP contribution in [0.3, 0.4) is 0 Å². The number of hydrogen-bond donors (Lipinski definition) is 1. The van der Waals surface area contributed by atoms with Crippen LogP contribution in [0.15, 0.2) is 34.9 Å². The number of carbonyl (C=O) groups excluding carboxylic acids is 1. The molecule has 0 aliphatic carbocycles. The van der Waals surface area contributed by atoms with Crippen molar-refractivity contribution in [2.24, 2.45) is 0 Å². The highest BCUT2D eigenvalue weighted by Crippen LogP contribution is 2.34. The second kappa shape index (κ2) is 6.72. The van der Waals surface area contributed by atoms with Crippen LogP contribution in [0, 0.1) is 0 Å². The van der Waals surface area contributed by atoms with E-state index in [1.165, 1.54) is 0 Å². The van der Waals surface area contributed by atoms with E-state index < -0.39 is 5.60 Å². The summed E-state index contributed by atoms with van der Waals surface area (Å²) in [6.45, 7) is 4.81. The van der Waals surface area contributed by atoms with Gasteiger partial charge in [0.1, 0.15) is 12.3 Å². The number of carbonyl (C=O) groups is 1. The second-order valence-corrected chi connectivity index (χ2v) is 7.55. The van der Waals surface area contributed by atoms with Crippen LogP contribution < -0.4 is 14.4 Å². The number of amides is 1. The van der Waals surface area contributed by atoms with Gasteiger partial charge in [0, 0.05) is 35.5 Å². The minimum atomic E-state index is -0.939.